The van der Waals surface area contributed by atoms with Gasteiger partial charge in [0.15, 0.2) is 0 Å². The lowest BCUT2D eigenvalue weighted by Crippen LogP contribution is -2.06. The molecule has 0 amide bonds. The van der Waals surface area contributed by atoms with Crippen LogP contribution in [-0.2, 0) is 0 Å². The monoisotopic (exact) mass is 222 g/mol. The highest BCUT2D eigenvalue weighted by Crippen LogP contribution is 2.60. The van der Waals surface area contributed by atoms with Crippen LogP contribution in [0.15, 0.2) is 12.4 Å². The van der Waals surface area contributed by atoms with Crippen LogP contribution in [-0.4, -0.2) is 25.2 Å². The fourth-order valence-corrected chi connectivity index (χ4v) is 2.29. The average Bonchev–Trinajstić information content (AvgIpc) is 2.77. The third-order valence-corrected chi connectivity index (χ3v) is 3.58. The molecule has 88 valence electrons. The molecule has 4 nitrogen and oxygen atoms in total. The minimum Gasteiger partial charge on any atom is -0.495 e. The molecular formula is C12H18N2O2. The highest BCUT2D eigenvalue weighted by atomic mass is 16.5. The molecule has 4 heteroatoms. The van der Waals surface area contributed by atoms with Crippen LogP contribution in [0.1, 0.15) is 25.3 Å². The summed E-state index contributed by atoms with van der Waals surface area (Å²) in [4.78, 5) is 4.08. The zero-order chi connectivity index (χ0) is 11.9. The van der Waals surface area contributed by atoms with Crippen LogP contribution < -0.4 is 15.2 Å². The summed E-state index contributed by atoms with van der Waals surface area (Å²) in [7, 11) is 3.28. The van der Waals surface area contributed by atoms with Gasteiger partial charge in [-0.1, -0.05) is 13.8 Å². The molecular weight excluding hydrogens is 204 g/mol. The first-order valence-electron chi connectivity index (χ1n) is 5.35. The van der Waals surface area contributed by atoms with Crippen molar-refractivity contribution in [3.8, 4) is 11.5 Å². The van der Waals surface area contributed by atoms with Gasteiger partial charge in [-0.25, -0.2) is 0 Å². The molecule has 0 aliphatic heterocycles. The van der Waals surface area contributed by atoms with Crippen LogP contribution in [0, 0.1) is 5.41 Å². The van der Waals surface area contributed by atoms with E-state index in [1.165, 1.54) is 0 Å². The molecule has 1 aliphatic rings. The normalized spacial score (nSPS) is 26.3. The minimum absolute atomic E-state index is 0.0991. The first-order valence-corrected chi connectivity index (χ1v) is 5.35. The number of hydrogen-bond donors (Lipinski definition) is 1. The smallest absolute Gasteiger partial charge is 0.144 e. The van der Waals surface area contributed by atoms with Gasteiger partial charge in [-0.2, -0.15) is 0 Å². The lowest BCUT2D eigenvalue weighted by molar-refractivity contribution is 0.379. The molecule has 0 unspecified atom stereocenters. The van der Waals surface area contributed by atoms with Crippen molar-refractivity contribution in [1.82, 2.24) is 4.98 Å². The maximum atomic E-state index is 6.09. The van der Waals surface area contributed by atoms with E-state index in [1.54, 1.807) is 26.6 Å². The van der Waals surface area contributed by atoms with Gasteiger partial charge in [0, 0.05) is 17.5 Å². The highest BCUT2D eigenvalue weighted by molar-refractivity contribution is 5.50. The fraction of sp³-hybridized carbons (Fsp3) is 0.583. The lowest BCUT2D eigenvalue weighted by atomic mass is 10.0. The van der Waals surface area contributed by atoms with Crippen molar-refractivity contribution in [2.24, 2.45) is 11.1 Å². The first kappa shape index (κ1) is 11.2. The fourth-order valence-electron chi connectivity index (χ4n) is 2.29. The van der Waals surface area contributed by atoms with Crippen LogP contribution in [0.4, 0.5) is 0 Å². The van der Waals surface area contributed by atoms with E-state index in [2.05, 4.69) is 18.8 Å². The summed E-state index contributed by atoms with van der Waals surface area (Å²) in [6.45, 7) is 4.31. The average molecular weight is 222 g/mol. The number of hydrogen-bond acceptors (Lipinski definition) is 4. The Kier molecular flexibility index (Phi) is 2.54. The number of pyridine rings is 1. The Balaban J connectivity index is 2.47. The number of rotatable bonds is 3. The molecule has 1 aromatic rings. The molecule has 0 saturated heterocycles. The molecule has 1 saturated carbocycles. The number of nitrogens with zero attached hydrogens (tertiary/aromatic N) is 1. The molecule has 1 aliphatic carbocycles. The molecule has 0 radical (unpaired) electrons. The van der Waals surface area contributed by atoms with Crippen molar-refractivity contribution < 1.29 is 9.47 Å². The molecule has 0 spiro atoms. The van der Waals surface area contributed by atoms with Gasteiger partial charge in [-0.15, -0.1) is 0 Å². The Morgan fingerprint density at radius 3 is 1.94 bits per heavy atom. The van der Waals surface area contributed by atoms with Crippen LogP contribution in [0.3, 0.4) is 0 Å². The summed E-state index contributed by atoms with van der Waals surface area (Å²) >= 11 is 0. The summed E-state index contributed by atoms with van der Waals surface area (Å²) in [5.41, 5.74) is 7.23. The van der Waals surface area contributed by atoms with Gasteiger partial charge in [-0.05, 0) is 5.41 Å². The molecule has 2 N–H and O–H groups in total. The molecule has 2 rings (SSSR count). The largest absolute Gasteiger partial charge is 0.495 e. The predicted octanol–water partition coefficient (Wildman–Crippen LogP) is 1.55. The van der Waals surface area contributed by atoms with Gasteiger partial charge in [0.2, 0.25) is 0 Å². The Labute approximate surface area is 95.8 Å². The van der Waals surface area contributed by atoms with E-state index < -0.39 is 0 Å². The van der Waals surface area contributed by atoms with Gasteiger partial charge in [0.25, 0.3) is 0 Å². The van der Waals surface area contributed by atoms with E-state index in [0.717, 1.165) is 17.1 Å². The number of aromatic nitrogens is 1. The van der Waals surface area contributed by atoms with Crippen molar-refractivity contribution >= 4 is 0 Å². The summed E-state index contributed by atoms with van der Waals surface area (Å²) < 4.78 is 10.7. The first-order chi connectivity index (χ1) is 7.54. The van der Waals surface area contributed by atoms with Crippen LogP contribution in [0.25, 0.3) is 0 Å². The molecule has 1 fully saturated rings. The minimum atomic E-state index is 0.0991. The second-order valence-electron chi connectivity index (χ2n) is 4.78. The standard InChI is InChI=1S/C12H18N2O2/c1-12(2)10(11(12)13)9-7(15-3)5-14-6-8(9)16-4/h5-6,10-11H,13H2,1-4H3/t10-,11-/m0/s1. The third kappa shape index (κ3) is 1.45. The Morgan fingerprint density at radius 2 is 1.62 bits per heavy atom. The molecule has 1 heterocycles. The zero-order valence-corrected chi connectivity index (χ0v) is 10.2. The van der Waals surface area contributed by atoms with Crippen LogP contribution in [0.5, 0.6) is 11.5 Å². The quantitative estimate of drug-likeness (QED) is 0.843. The van der Waals surface area contributed by atoms with E-state index in [1.807, 2.05) is 0 Å². The van der Waals surface area contributed by atoms with Crippen molar-refractivity contribution in [2.45, 2.75) is 25.8 Å². The molecule has 0 aromatic carbocycles. The topological polar surface area (TPSA) is 57.4 Å². The van der Waals surface area contributed by atoms with Crippen molar-refractivity contribution in [3.05, 3.63) is 18.0 Å². The second kappa shape index (κ2) is 3.63. The second-order valence-corrected chi connectivity index (χ2v) is 4.78. The van der Waals surface area contributed by atoms with E-state index in [9.17, 15) is 0 Å². The third-order valence-electron chi connectivity index (χ3n) is 3.58. The van der Waals surface area contributed by atoms with Crippen molar-refractivity contribution in [3.63, 3.8) is 0 Å². The van der Waals surface area contributed by atoms with E-state index in [4.69, 9.17) is 15.2 Å². The maximum Gasteiger partial charge on any atom is 0.144 e. The SMILES string of the molecule is COc1cncc(OC)c1[C@H]1[C@H](N)C1(C)C. The maximum absolute atomic E-state index is 6.09. The Bertz CT molecular complexity index is 382. The number of methoxy groups -OCH3 is 2. The lowest BCUT2D eigenvalue weighted by Gasteiger charge is -2.13. The van der Waals surface area contributed by atoms with Gasteiger partial charge in [0.1, 0.15) is 11.5 Å². The van der Waals surface area contributed by atoms with Gasteiger partial charge < -0.3 is 15.2 Å². The van der Waals surface area contributed by atoms with E-state index in [-0.39, 0.29) is 17.4 Å². The summed E-state index contributed by atoms with van der Waals surface area (Å²) in [6, 6.07) is 0.151. The van der Waals surface area contributed by atoms with Gasteiger partial charge in [-0.3, -0.25) is 4.98 Å². The van der Waals surface area contributed by atoms with Crippen molar-refractivity contribution in [2.75, 3.05) is 14.2 Å². The summed E-state index contributed by atoms with van der Waals surface area (Å²) in [5.74, 6) is 1.79. The van der Waals surface area contributed by atoms with Crippen LogP contribution in [0.2, 0.25) is 0 Å². The summed E-state index contributed by atoms with van der Waals surface area (Å²) in [5, 5.41) is 0. The predicted molar refractivity (Wildman–Crippen MR) is 61.8 cm³/mol. The number of ether oxygens (including phenoxy) is 2. The molecule has 16 heavy (non-hydrogen) atoms. The highest BCUT2D eigenvalue weighted by Gasteiger charge is 2.58. The van der Waals surface area contributed by atoms with E-state index in [0.29, 0.717) is 0 Å². The van der Waals surface area contributed by atoms with Crippen molar-refractivity contribution in [1.29, 1.82) is 0 Å². The van der Waals surface area contributed by atoms with Crippen LogP contribution >= 0.6 is 0 Å². The van der Waals surface area contributed by atoms with Gasteiger partial charge >= 0.3 is 0 Å². The summed E-state index contributed by atoms with van der Waals surface area (Å²) in [6.07, 6.45) is 3.41. The van der Waals surface area contributed by atoms with E-state index >= 15 is 0 Å². The zero-order valence-electron chi connectivity index (χ0n) is 10.2. The van der Waals surface area contributed by atoms with Gasteiger partial charge in [0.05, 0.1) is 26.6 Å². The Hall–Kier alpha value is -1.29. The Morgan fingerprint density at radius 1 is 1.19 bits per heavy atom. The molecule has 1 aromatic heterocycles. The molecule has 2 atom stereocenters. The molecule has 0 bridgehead atoms. The number of nitrogens with two attached hydrogens (primary N) is 1.